The predicted octanol–water partition coefficient (Wildman–Crippen LogP) is 1.77. The molecule has 0 spiro atoms. The summed E-state index contributed by atoms with van der Waals surface area (Å²) in [6.45, 7) is 5.20. The molecular formula is C15H22N2O4. The zero-order chi connectivity index (χ0) is 15.4. The van der Waals surface area contributed by atoms with Crippen molar-refractivity contribution in [2.45, 2.75) is 38.8 Å². The lowest BCUT2D eigenvalue weighted by molar-refractivity contribution is -0.138. The Kier molecular flexibility index (Phi) is 5.01. The summed E-state index contributed by atoms with van der Waals surface area (Å²) in [5.41, 5.74) is 0.308. The number of carboxylic acids is 1. The van der Waals surface area contributed by atoms with Crippen LogP contribution in [0.15, 0.2) is 18.3 Å². The fourth-order valence-corrected chi connectivity index (χ4v) is 2.62. The van der Waals surface area contributed by atoms with Crippen LogP contribution < -0.4 is 0 Å². The predicted molar refractivity (Wildman–Crippen MR) is 77.3 cm³/mol. The van der Waals surface area contributed by atoms with Crippen molar-refractivity contribution in [2.24, 2.45) is 0 Å². The van der Waals surface area contributed by atoms with Gasteiger partial charge in [0, 0.05) is 25.3 Å². The Morgan fingerprint density at radius 2 is 2.05 bits per heavy atom. The number of rotatable bonds is 5. The van der Waals surface area contributed by atoms with E-state index in [0.717, 1.165) is 12.8 Å². The van der Waals surface area contributed by atoms with Crippen LogP contribution in [0.4, 0.5) is 0 Å². The van der Waals surface area contributed by atoms with E-state index in [0.29, 0.717) is 18.8 Å². The molecule has 2 heterocycles. The highest BCUT2D eigenvalue weighted by Gasteiger charge is 2.25. The molecule has 0 atom stereocenters. The maximum Gasteiger partial charge on any atom is 0.352 e. The van der Waals surface area contributed by atoms with Crippen LogP contribution in [0.25, 0.3) is 0 Å². The summed E-state index contributed by atoms with van der Waals surface area (Å²) in [5.74, 6) is -0.906. The van der Waals surface area contributed by atoms with E-state index in [9.17, 15) is 9.59 Å². The van der Waals surface area contributed by atoms with Gasteiger partial charge in [0.15, 0.2) is 0 Å². The van der Waals surface area contributed by atoms with Crippen molar-refractivity contribution in [1.82, 2.24) is 9.47 Å². The second-order valence-electron chi connectivity index (χ2n) is 5.58. The normalized spacial score (nSPS) is 16.4. The molecule has 116 valence electrons. The quantitative estimate of drug-likeness (QED) is 0.898. The number of carboxylic acid groups (broad SMARTS) is 1. The monoisotopic (exact) mass is 294 g/mol. The van der Waals surface area contributed by atoms with E-state index in [1.54, 1.807) is 27.8 Å². The van der Waals surface area contributed by atoms with Crippen LogP contribution in [-0.4, -0.2) is 52.3 Å². The van der Waals surface area contributed by atoms with Gasteiger partial charge in [-0.05, 0) is 38.8 Å². The first kappa shape index (κ1) is 15.6. The van der Waals surface area contributed by atoms with Crippen LogP contribution in [0.1, 0.15) is 43.2 Å². The molecule has 1 fully saturated rings. The van der Waals surface area contributed by atoms with E-state index in [4.69, 9.17) is 9.84 Å². The van der Waals surface area contributed by atoms with Crippen molar-refractivity contribution in [3.63, 3.8) is 0 Å². The number of hydrogen-bond donors (Lipinski definition) is 1. The maximum absolute atomic E-state index is 12.0. The van der Waals surface area contributed by atoms with Gasteiger partial charge >= 0.3 is 5.97 Å². The van der Waals surface area contributed by atoms with Crippen molar-refractivity contribution >= 4 is 11.9 Å². The van der Waals surface area contributed by atoms with Crippen LogP contribution in [0, 0.1) is 0 Å². The highest BCUT2D eigenvalue weighted by molar-refractivity contribution is 5.85. The van der Waals surface area contributed by atoms with Gasteiger partial charge in [-0.1, -0.05) is 0 Å². The number of carbonyl (C=O) groups is 2. The van der Waals surface area contributed by atoms with E-state index in [1.807, 2.05) is 13.8 Å². The van der Waals surface area contributed by atoms with Crippen molar-refractivity contribution < 1.29 is 19.4 Å². The Labute approximate surface area is 124 Å². The van der Waals surface area contributed by atoms with Gasteiger partial charge in [-0.15, -0.1) is 0 Å². The van der Waals surface area contributed by atoms with E-state index in [-0.39, 0.29) is 24.7 Å². The third kappa shape index (κ3) is 3.85. The number of amides is 1. The Balaban J connectivity index is 1.90. The van der Waals surface area contributed by atoms with Crippen molar-refractivity contribution in [1.29, 1.82) is 0 Å². The zero-order valence-electron chi connectivity index (χ0n) is 12.5. The SMILES string of the molecule is CC(C)OCC(=O)N1CCC(n2cccc2C(=O)O)CC1. The van der Waals surface area contributed by atoms with Gasteiger partial charge in [0.25, 0.3) is 0 Å². The van der Waals surface area contributed by atoms with Gasteiger partial charge in [-0.3, -0.25) is 4.79 Å². The van der Waals surface area contributed by atoms with E-state index >= 15 is 0 Å². The summed E-state index contributed by atoms with van der Waals surface area (Å²) in [4.78, 5) is 24.9. The fraction of sp³-hybridized carbons (Fsp3) is 0.600. The Bertz CT molecular complexity index is 502. The largest absolute Gasteiger partial charge is 0.477 e. The number of ether oxygens (including phenoxy) is 1. The molecule has 6 heteroatoms. The Hall–Kier alpha value is -1.82. The van der Waals surface area contributed by atoms with Crippen molar-refractivity contribution in [3.05, 3.63) is 24.0 Å². The topological polar surface area (TPSA) is 71.8 Å². The van der Waals surface area contributed by atoms with Gasteiger partial charge in [-0.25, -0.2) is 4.79 Å². The van der Waals surface area contributed by atoms with Gasteiger partial charge in [-0.2, -0.15) is 0 Å². The minimum atomic E-state index is -0.913. The van der Waals surface area contributed by atoms with E-state index in [1.165, 1.54) is 0 Å². The molecule has 21 heavy (non-hydrogen) atoms. The molecule has 1 N–H and O–H groups in total. The molecule has 1 aliphatic rings. The lowest BCUT2D eigenvalue weighted by Gasteiger charge is -2.33. The Morgan fingerprint density at radius 1 is 1.38 bits per heavy atom. The molecule has 1 aliphatic heterocycles. The highest BCUT2D eigenvalue weighted by atomic mass is 16.5. The second kappa shape index (κ2) is 6.76. The van der Waals surface area contributed by atoms with Crippen LogP contribution in [0.5, 0.6) is 0 Å². The molecule has 2 rings (SSSR count). The summed E-state index contributed by atoms with van der Waals surface area (Å²) >= 11 is 0. The third-order valence-corrected chi connectivity index (χ3v) is 3.75. The molecule has 0 radical (unpaired) electrons. The lowest BCUT2D eigenvalue weighted by Crippen LogP contribution is -2.41. The first-order chi connectivity index (χ1) is 9.99. The number of piperidine rings is 1. The van der Waals surface area contributed by atoms with Crippen LogP contribution in [0.2, 0.25) is 0 Å². The molecule has 1 aromatic rings. The first-order valence-electron chi connectivity index (χ1n) is 7.28. The zero-order valence-corrected chi connectivity index (χ0v) is 12.5. The van der Waals surface area contributed by atoms with Crippen molar-refractivity contribution in [3.8, 4) is 0 Å². The van der Waals surface area contributed by atoms with Crippen LogP contribution in [0.3, 0.4) is 0 Å². The number of hydrogen-bond acceptors (Lipinski definition) is 3. The van der Waals surface area contributed by atoms with Crippen molar-refractivity contribution in [2.75, 3.05) is 19.7 Å². The fourth-order valence-electron chi connectivity index (χ4n) is 2.62. The molecule has 1 aromatic heterocycles. The third-order valence-electron chi connectivity index (χ3n) is 3.75. The molecular weight excluding hydrogens is 272 g/mol. The minimum absolute atomic E-state index is 0.00751. The molecule has 0 unspecified atom stereocenters. The van der Waals surface area contributed by atoms with Gasteiger partial charge in [0.05, 0.1) is 6.10 Å². The summed E-state index contributed by atoms with van der Waals surface area (Å²) in [6.07, 6.45) is 3.38. The second-order valence-corrected chi connectivity index (χ2v) is 5.58. The average molecular weight is 294 g/mol. The van der Waals surface area contributed by atoms with Gasteiger partial charge in [0.2, 0.25) is 5.91 Å². The minimum Gasteiger partial charge on any atom is -0.477 e. The van der Waals surface area contributed by atoms with E-state index in [2.05, 4.69) is 0 Å². The number of likely N-dealkylation sites (tertiary alicyclic amines) is 1. The highest BCUT2D eigenvalue weighted by Crippen LogP contribution is 2.24. The number of carbonyl (C=O) groups excluding carboxylic acids is 1. The molecule has 0 aliphatic carbocycles. The lowest BCUT2D eigenvalue weighted by atomic mass is 10.0. The molecule has 6 nitrogen and oxygen atoms in total. The number of aromatic carboxylic acids is 1. The van der Waals surface area contributed by atoms with Crippen LogP contribution >= 0.6 is 0 Å². The number of nitrogens with zero attached hydrogens (tertiary/aromatic N) is 2. The molecule has 1 saturated heterocycles. The van der Waals surface area contributed by atoms with Crippen LogP contribution in [-0.2, 0) is 9.53 Å². The summed E-state index contributed by atoms with van der Waals surface area (Å²) in [5, 5.41) is 9.15. The smallest absolute Gasteiger partial charge is 0.352 e. The molecule has 1 amide bonds. The standard InChI is InChI=1S/C15H22N2O4/c1-11(2)21-10-14(18)16-8-5-12(6-9-16)17-7-3-4-13(17)15(19)20/h3-4,7,11-12H,5-6,8-10H2,1-2H3,(H,19,20). The summed E-state index contributed by atoms with van der Waals surface area (Å²) in [7, 11) is 0. The van der Waals surface area contributed by atoms with E-state index < -0.39 is 5.97 Å². The first-order valence-corrected chi connectivity index (χ1v) is 7.28. The average Bonchev–Trinajstić information content (AvgIpc) is 2.94. The maximum atomic E-state index is 12.0. The number of aromatic nitrogens is 1. The summed E-state index contributed by atoms with van der Waals surface area (Å²) < 4.78 is 7.13. The summed E-state index contributed by atoms with van der Waals surface area (Å²) in [6, 6.07) is 3.49. The van der Waals surface area contributed by atoms with Gasteiger partial charge < -0.3 is 19.3 Å². The molecule has 0 bridgehead atoms. The Morgan fingerprint density at radius 3 is 2.62 bits per heavy atom. The van der Waals surface area contributed by atoms with Gasteiger partial charge in [0.1, 0.15) is 12.3 Å². The molecule has 0 aromatic carbocycles. The molecule has 0 saturated carbocycles.